The summed E-state index contributed by atoms with van der Waals surface area (Å²) in [5.41, 5.74) is 1.49. The first-order valence-electron chi connectivity index (χ1n) is 7.09. The van der Waals surface area contributed by atoms with Crippen molar-refractivity contribution in [1.82, 2.24) is 5.06 Å². The van der Waals surface area contributed by atoms with Crippen molar-refractivity contribution in [3.63, 3.8) is 0 Å². The Hall–Kier alpha value is -1.19. The molecule has 0 saturated heterocycles. The smallest absolute Gasteiger partial charge is 0.168 e. The summed E-state index contributed by atoms with van der Waals surface area (Å²) in [7, 11) is 0. The number of nitrogens with zero attached hydrogens (tertiary/aromatic N) is 1. The lowest BCUT2D eigenvalue weighted by molar-refractivity contribution is -0.216. The molecule has 0 fully saturated rings. The molecule has 1 aliphatic heterocycles. The molecule has 0 spiro atoms. The molecule has 0 amide bonds. The molecule has 3 nitrogen and oxygen atoms in total. The molecule has 1 aromatic carbocycles. The van der Waals surface area contributed by atoms with Crippen molar-refractivity contribution in [2.45, 2.75) is 59.5 Å². The highest BCUT2D eigenvalue weighted by molar-refractivity contribution is 6.00. The largest absolute Gasteiger partial charge is 0.312 e. The van der Waals surface area contributed by atoms with Crippen molar-refractivity contribution in [1.29, 1.82) is 0 Å². The van der Waals surface area contributed by atoms with Crippen LogP contribution in [0.1, 0.15) is 70.0 Å². The van der Waals surface area contributed by atoms with Gasteiger partial charge in [0, 0.05) is 11.0 Å². The third-order valence-electron chi connectivity index (χ3n) is 4.34. The van der Waals surface area contributed by atoms with E-state index >= 15 is 0 Å². The zero-order chi connectivity index (χ0) is 15.5. The summed E-state index contributed by atoms with van der Waals surface area (Å²) < 4.78 is 0. The molecular formula is C17H25NO2. The van der Waals surface area contributed by atoms with Crippen LogP contribution in [-0.2, 0) is 11.1 Å². The lowest BCUT2D eigenvalue weighted by atomic mass is 9.83. The first-order chi connectivity index (χ1) is 8.90. The van der Waals surface area contributed by atoms with Gasteiger partial charge in [0.15, 0.2) is 5.78 Å². The Bertz CT molecular complexity index is 565. The number of carbonyl (C=O) groups excluding carboxylic acids is 1. The summed E-state index contributed by atoms with van der Waals surface area (Å²) in [6.07, 6.45) is 0. The van der Waals surface area contributed by atoms with Crippen LogP contribution < -0.4 is 0 Å². The highest BCUT2D eigenvalue weighted by atomic mass is 16.5. The molecule has 1 aromatic rings. The second kappa shape index (κ2) is 4.15. The van der Waals surface area contributed by atoms with Crippen LogP contribution >= 0.6 is 0 Å². The average Bonchev–Trinajstić information content (AvgIpc) is 2.46. The number of Topliss-reactive ketones (excluding diaryl/α,β-unsaturated/α-hetero) is 1. The van der Waals surface area contributed by atoms with E-state index in [1.165, 1.54) is 5.06 Å². The van der Waals surface area contributed by atoms with Gasteiger partial charge >= 0.3 is 0 Å². The molecule has 0 aliphatic carbocycles. The number of hydrogen-bond acceptors (Lipinski definition) is 3. The van der Waals surface area contributed by atoms with Crippen LogP contribution in [0.4, 0.5) is 0 Å². The Morgan fingerprint density at radius 2 is 1.55 bits per heavy atom. The van der Waals surface area contributed by atoms with E-state index in [0.717, 1.165) is 16.7 Å². The molecular weight excluding hydrogens is 250 g/mol. The van der Waals surface area contributed by atoms with E-state index in [1.54, 1.807) is 0 Å². The zero-order valence-corrected chi connectivity index (χ0v) is 13.5. The monoisotopic (exact) mass is 275 g/mol. The number of hydrogen-bond donors (Lipinski definition) is 1. The van der Waals surface area contributed by atoms with Crippen LogP contribution in [0.15, 0.2) is 18.2 Å². The van der Waals surface area contributed by atoms with Gasteiger partial charge in [0.1, 0.15) is 0 Å². The quantitative estimate of drug-likeness (QED) is 0.785. The highest BCUT2D eigenvalue weighted by Crippen LogP contribution is 2.48. The molecule has 1 N–H and O–H groups in total. The first-order valence-corrected chi connectivity index (χ1v) is 7.09. The third-order valence-corrected chi connectivity index (χ3v) is 4.34. The summed E-state index contributed by atoms with van der Waals surface area (Å²) in [6, 6.07) is 5.80. The van der Waals surface area contributed by atoms with E-state index < -0.39 is 16.5 Å². The Morgan fingerprint density at radius 1 is 1.05 bits per heavy atom. The second-order valence-corrected chi connectivity index (χ2v) is 7.77. The molecule has 0 aromatic heterocycles. The zero-order valence-electron chi connectivity index (χ0n) is 13.5. The van der Waals surface area contributed by atoms with E-state index in [-0.39, 0.29) is 5.78 Å². The molecule has 0 unspecified atom stereocenters. The normalized spacial score (nSPS) is 20.8. The van der Waals surface area contributed by atoms with Gasteiger partial charge in [-0.15, -0.1) is 0 Å². The van der Waals surface area contributed by atoms with Crippen molar-refractivity contribution < 1.29 is 10.0 Å². The molecule has 0 bridgehead atoms. The van der Waals surface area contributed by atoms with Crippen molar-refractivity contribution in [3.8, 4) is 0 Å². The van der Waals surface area contributed by atoms with Gasteiger partial charge in [-0.2, -0.15) is 5.06 Å². The van der Waals surface area contributed by atoms with Gasteiger partial charge in [0.2, 0.25) is 0 Å². The maximum atomic E-state index is 12.4. The molecule has 3 heteroatoms. The summed E-state index contributed by atoms with van der Waals surface area (Å²) in [5.74, 6) is 0.130. The van der Waals surface area contributed by atoms with Crippen molar-refractivity contribution in [2.75, 3.05) is 0 Å². The third kappa shape index (κ3) is 2.00. The Kier molecular flexibility index (Phi) is 3.16. The number of ketones is 1. The minimum absolute atomic E-state index is 0.130. The molecule has 0 atom stereocenters. The van der Waals surface area contributed by atoms with Crippen molar-refractivity contribution in [2.24, 2.45) is 5.41 Å². The summed E-state index contributed by atoms with van der Waals surface area (Å²) in [5, 5.41) is 11.8. The second-order valence-electron chi connectivity index (χ2n) is 7.77. The van der Waals surface area contributed by atoms with Crippen molar-refractivity contribution >= 4 is 5.78 Å². The summed E-state index contributed by atoms with van der Waals surface area (Å²) >= 11 is 0. The van der Waals surface area contributed by atoms with Crippen LogP contribution in [0, 0.1) is 5.41 Å². The van der Waals surface area contributed by atoms with Crippen LogP contribution in [0.25, 0.3) is 0 Å². The number of fused-ring (bicyclic) bond motifs is 1. The molecule has 110 valence electrons. The minimum Gasteiger partial charge on any atom is -0.312 e. The topological polar surface area (TPSA) is 40.5 Å². The van der Waals surface area contributed by atoms with Gasteiger partial charge in [-0.25, -0.2) is 0 Å². The molecule has 2 rings (SSSR count). The van der Waals surface area contributed by atoms with E-state index in [2.05, 4.69) is 0 Å². The Morgan fingerprint density at radius 3 is 2.05 bits per heavy atom. The summed E-state index contributed by atoms with van der Waals surface area (Å²) in [4.78, 5) is 12.4. The highest BCUT2D eigenvalue weighted by Gasteiger charge is 2.49. The number of carbonyl (C=O) groups is 1. The van der Waals surface area contributed by atoms with E-state index in [4.69, 9.17) is 0 Å². The van der Waals surface area contributed by atoms with Gasteiger partial charge in [-0.05, 0) is 44.9 Å². The van der Waals surface area contributed by atoms with Crippen LogP contribution in [0.2, 0.25) is 0 Å². The molecule has 1 heterocycles. The SMILES string of the molecule is CC(C)(C)C(=O)c1ccc2c(c1)C(C)(C)N(O)C2(C)C. The minimum atomic E-state index is -0.493. The van der Waals surface area contributed by atoms with Crippen molar-refractivity contribution in [3.05, 3.63) is 34.9 Å². The molecule has 0 radical (unpaired) electrons. The fraction of sp³-hybridized carbons (Fsp3) is 0.588. The average molecular weight is 275 g/mol. The van der Waals surface area contributed by atoms with Crippen LogP contribution in [0.3, 0.4) is 0 Å². The van der Waals surface area contributed by atoms with Gasteiger partial charge in [-0.1, -0.05) is 32.9 Å². The molecule has 0 saturated carbocycles. The maximum Gasteiger partial charge on any atom is 0.168 e. The van der Waals surface area contributed by atoms with Gasteiger partial charge in [0.25, 0.3) is 0 Å². The molecule has 1 aliphatic rings. The lowest BCUT2D eigenvalue weighted by Crippen LogP contribution is -2.42. The number of benzene rings is 1. The Balaban J connectivity index is 2.60. The van der Waals surface area contributed by atoms with Gasteiger partial charge in [-0.3, -0.25) is 4.79 Å². The fourth-order valence-corrected chi connectivity index (χ4v) is 3.09. The fourth-order valence-electron chi connectivity index (χ4n) is 3.09. The lowest BCUT2D eigenvalue weighted by Gasteiger charge is -2.34. The predicted molar refractivity (Wildman–Crippen MR) is 79.9 cm³/mol. The van der Waals surface area contributed by atoms with Gasteiger partial charge in [0.05, 0.1) is 11.1 Å². The standard InChI is InChI=1S/C17H25NO2/c1-15(2,3)14(19)11-8-9-12-13(10-11)17(6,7)18(20)16(12,4)5/h8-10,20H,1-7H3. The molecule has 20 heavy (non-hydrogen) atoms. The number of rotatable bonds is 1. The van der Waals surface area contributed by atoms with Crippen LogP contribution in [0.5, 0.6) is 0 Å². The van der Waals surface area contributed by atoms with E-state index in [1.807, 2.05) is 66.7 Å². The summed E-state index contributed by atoms with van der Waals surface area (Å²) in [6.45, 7) is 13.7. The van der Waals surface area contributed by atoms with Crippen LogP contribution in [-0.4, -0.2) is 16.1 Å². The van der Waals surface area contributed by atoms with E-state index in [9.17, 15) is 10.0 Å². The number of hydroxylamine groups is 2. The Labute approximate surface area is 121 Å². The maximum absolute atomic E-state index is 12.4. The van der Waals surface area contributed by atoms with E-state index in [0.29, 0.717) is 0 Å². The predicted octanol–water partition coefficient (Wildman–Crippen LogP) is 4.09. The first kappa shape index (κ1) is 15.2. The van der Waals surface area contributed by atoms with Gasteiger partial charge < -0.3 is 5.21 Å².